The number of unbranched alkanes of at least 4 members (excludes halogenated alkanes) is 3. The Kier molecular flexibility index (Phi) is 4.21. The van der Waals surface area contributed by atoms with E-state index in [1.165, 1.54) is 18.9 Å². The van der Waals surface area contributed by atoms with Crippen LogP contribution in [0.1, 0.15) is 43.1 Å². The number of aryl methyl sites for hydroxylation is 1. The van der Waals surface area contributed by atoms with E-state index in [0.29, 0.717) is 5.69 Å². The molecule has 0 saturated heterocycles. The van der Waals surface area contributed by atoms with Gasteiger partial charge >= 0.3 is 5.97 Å². The molecule has 0 spiro atoms. The molecule has 1 aromatic heterocycles. The highest BCUT2D eigenvalue weighted by atomic mass is 16.4. The highest BCUT2D eigenvalue weighted by Crippen LogP contribution is 2.12. The number of nitrogens with zero attached hydrogens (tertiary/aromatic N) is 1. The van der Waals surface area contributed by atoms with Gasteiger partial charge in [0.05, 0.1) is 5.69 Å². The summed E-state index contributed by atoms with van der Waals surface area (Å²) in [7, 11) is 0. The van der Waals surface area contributed by atoms with Crippen molar-refractivity contribution in [2.24, 2.45) is 0 Å². The minimum atomic E-state index is -0.915. The maximum atomic E-state index is 10.8. The minimum Gasteiger partial charge on any atom is -0.477 e. The maximum Gasteiger partial charge on any atom is 0.352 e. The predicted molar refractivity (Wildman–Crippen MR) is 59.9 cm³/mol. The van der Waals surface area contributed by atoms with Crippen LogP contribution in [0.2, 0.25) is 0 Å². The van der Waals surface area contributed by atoms with E-state index in [1.807, 2.05) is 0 Å². The highest BCUT2D eigenvalue weighted by molar-refractivity contribution is 5.87. The SMILES string of the molecule is CCCCCCn1cc(N)cc1C(=O)O. The summed E-state index contributed by atoms with van der Waals surface area (Å²) >= 11 is 0. The molecule has 0 bridgehead atoms. The fourth-order valence-electron chi connectivity index (χ4n) is 1.61. The van der Waals surface area contributed by atoms with E-state index in [-0.39, 0.29) is 5.69 Å². The summed E-state index contributed by atoms with van der Waals surface area (Å²) in [6.45, 7) is 2.88. The smallest absolute Gasteiger partial charge is 0.352 e. The lowest BCUT2D eigenvalue weighted by Gasteiger charge is -2.05. The zero-order chi connectivity index (χ0) is 11.3. The number of nitrogen functional groups attached to an aromatic ring is 1. The molecule has 1 aromatic rings. The van der Waals surface area contributed by atoms with Gasteiger partial charge in [-0.3, -0.25) is 0 Å². The first-order valence-corrected chi connectivity index (χ1v) is 5.34. The van der Waals surface area contributed by atoms with Crippen molar-refractivity contribution in [1.82, 2.24) is 4.57 Å². The van der Waals surface area contributed by atoms with Crippen LogP contribution in [0.3, 0.4) is 0 Å². The third kappa shape index (κ3) is 3.31. The van der Waals surface area contributed by atoms with Crippen LogP contribution in [-0.2, 0) is 6.54 Å². The second-order valence-electron chi connectivity index (χ2n) is 3.72. The molecule has 84 valence electrons. The van der Waals surface area contributed by atoms with Gasteiger partial charge in [0.15, 0.2) is 0 Å². The van der Waals surface area contributed by atoms with Gasteiger partial charge in [0.1, 0.15) is 5.69 Å². The lowest BCUT2D eigenvalue weighted by atomic mass is 10.2. The Morgan fingerprint density at radius 1 is 1.47 bits per heavy atom. The fraction of sp³-hybridized carbons (Fsp3) is 0.545. The number of aromatic nitrogens is 1. The molecule has 0 atom stereocenters. The second kappa shape index (κ2) is 5.44. The van der Waals surface area contributed by atoms with Gasteiger partial charge in [-0.05, 0) is 12.5 Å². The lowest BCUT2D eigenvalue weighted by Crippen LogP contribution is -2.07. The van der Waals surface area contributed by atoms with E-state index in [1.54, 1.807) is 10.8 Å². The number of nitrogens with two attached hydrogens (primary N) is 1. The minimum absolute atomic E-state index is 0.281. The number of carboxylic acid groups (broad SMARTS) is 1. The van der Waals surface area contributed by atoms with Crippen LogP contribution in [0, 0.1) is 0 Å². The molecule has 4 nitrogen and oxygen atoms in total. The number of anilines is 1. The Labute approximate surface area is 89.7 Å². The van der Waals surface area contributed by atoms with Crippen molar-refractivity contribution in [2.45, 2.75) is 39.2 Å². The van der Waals surface area contributed by atoms with Crippen LogP contribution in [0.15, 0.2) is 12.3 Å². The molecule has 0 amide bonds. The molecular weight excluding hydrogens is 192 g/mol. The Bertz CT molecular complexity index is 331. The number of hydrogen-bond donors (Lipinski definition) is 2. The zero-order valence-electron chi connectivity index (χ0n) is 9.07. The summed E-state index contributed by atoms with van der Waals surface area (Å²) in [6, 6.07) is 1.50. The summed E-state index contributed by atoms with van der Waals surface area (Å²) in [5, 5.41) is 8.91. The number of rotatable bonds is 6. The number of aromatic carboxylic acids is 1. The Morgan fingerprint density at radius 2 is 2.20 bits per heavy atom. The van der Waals surface area contributed by atoms with E-state index < -0.39 is 5.97 Å². The molecule has 0 aliphatic rings. The fourth-order valence-corrected chi connectivity index (χ4v) is 1.61. The van der Waals surface area contributed by atoms with Crippen LogP contribution in [-0.4, -0.2) is 15.6 Å². The molecule has 0 fully saturated rings. The molecule has 0 aliphatic heterocycles. The van der Waals surface area contributed by atoms with Crippen molar-refractivity contribution in [3.63, 3.8) is 0 Å². The van der Waals surface area contributed by atoms with Crippen LogP contribution in [0.5, 0.6) is 0 Å². The molecule has 0 aliphatic carbocycles. The van der Waals surface area contributed by atoms with Gasteiger partial charge in [-0.25, -0.2) is 4.79 Å². The first-order valence-electron chi connectivity index (χ1n) is 5.34. The van der Waals surface area contributed by atoms with E-state index in [9.17, 15) is 4.79 Å². The standard InChI is InChI=1S/C11H18N2O2/c1-2-3-4-5-6-13-8-9(12)7-10(13)11(14)15/h7-8H,2-6,12H2,1H3,(H,14,15). The Morgan fingerprint density at radius 3 is 2.80 bits per heavy atom. The van der Waals surface area contributed by atoms with Gasteiger partial charge in [0, 0.05) is 12.7 Å². The van der Waals surface area contributed by atoms with Crippen molar-refractivity contribution in [3.8, 4) is 0 Å². The molecule has 4 heteroatoms. The summed E-state index contributed by atoms with van der Waals surface area (Å²) in [6.07, 6.45) is 6.20. The zero-order valence-corrected chi connectivity index (χ0v) is 9.07. The van der Waals surface area contributed by atoms with Gasteiger partial charge in [0.2, 0.25) is 0 Å². The number of carbonyl (C=O) groups is 1. The summed E-state index contributed by atoms with van der Waals surface area (Å²) in [5.41, 5.74) is 6.36. The van der Waals surface area contributed by atoms with Crippen molar-refractivity contribution in [2.75, 3.05) is 5.73 Å². The monoisotopic (exact) mass is 210 g/mol. The third-order valence-electron chi connectivity index (χ3n) is 2.39. The average Bonchev–Trinajstić information content (AvgIpc) is 2.55. The molecule has 1 heterocycles. The van der Waals surface area contributed by atoms with Gasteiger partial charge in [-0.15, -0.1) is 0 Å². The van der Waals surface area contributed by atoms with Gasteiger partial charge < -0.3 is 15.4 Å². The number of hydrogen-bond acceptors (Lipinski definition) is 2. The molecule has 15 heavy (non-hydrogen) atoms. The molecule has 0 aromatic carbocycles. The first-order chi connectivity index (χ1) is 7.15. The summed E-state index contributed by atoms with van der Waals surface area (Å²) in [5.74, 6) is -0.915. The molecule has 0 unspecified atom stereocenters. The van der Waals surface area contributed by atoms with Crippen LogP contribution < -0.4 is 5.73 Å². The normalized spacial score (nSPS) is 10.5. The predicted octanol–water partition coefficient (Wildman–Crippen LogP) is 2.35. The average molecular weight is 210 g/mol. The quantitative estimate of drug-likeness (QED) is 0.708. The van der Waals surface area contributed by atoms with Crippen LogP contribution in [0.4, 0.5) is 5.69 Å². The van der Waals surface area contributed by atoms with Crippen molar-refractivity contribution < 1.29 is 9.90 Å². The van der Waals surface area contributed by atoms with Crippen LogP contribution >= 0.6 is 0 Å². The molecule has 0 saturated carbocycles. The van der Waals surface area contributed by atoms with Gasteiger partial charge in [-0.2, -0.15) is 0 Å². The lowest BCUT2D eigenvalue weighted by molar-refractivity contribution is 0.0685. The first kappa shape index (κ1) is 11.6. The van der Waals surface area contributed by atoms with E-state index in [0.717, 1.165) is 19.4 Å². The molecule has 3 N–H and O–H groups in total. The molecule has 0 radical (unpaired) electrons. The Hall–Kier alpha value is -1.45. The van der Waals surface area contributed by atoms with Crippen LogP contribution in [0.25, 0.3) is 0 Å². The third-order valence-corrected chi connectivity index (χ3v) is 2.39. The van der Waals surface area contributed by atoms with E-state index in [2.05, 4.69) is 6.92 Å². The second-order valence-corrected chi connectivity index (χ2v) is 3.72. The molecule has 1 rings (SSSR count). The van der Waals surface area contributed by atoms with E-state index >= 15 is 0 Å². The van der Waals surface area contributed by atoms with Crippen molar-refractivity contribution in [1.29, 1.82) is 0 Å². The Balaban J connectivity index is 2.55. The summed E-state index contributed by atoms with van der Waals surface area (Å²) < 4.78 is 1.72. The van der Waals surface area contributed by atoms with E-state index in [4.69, 9.17) is 10.8 Å². The summed E-state index contributed by atoms with van der Waals surface area (Å²) in [4.78, 5) is 10.8. The van der Waals surface area contributed by atoms with Gasteiger partial charge in [0.25, 0.3) is 0 Å². The van der Waals surface area contributed by atoms with Gasteiger partial charge in [-0.1, -0.05) is 26.2 Å². The highest BCUT2D eigenvalue weighted by Gasteiger charge is 2.10. The maximum absolute atomic E-state index is 10.8. The topological polar surface area (TPSA) is 68.2 Å². The number of carboxylic acids is 1. The largest absolute Gasteiger partial charge is 0.477 e. The molecular formula is C11H18N2O2. The van der Waals surface area contributed by atoms with Crippen molar-refractivity contribution >= 4 is 11.7 Å². The van der Waals surface area contributed by atoms with Crippen molar-refractivity contribution in [3.05, 3.63) is 18.0 Å².